The highest BCUT2D eigenvalue weighted by atomic mass is 16.7. The van der Waals surface area contributed by atoms with Gasteiger partial charge in [-0.3, -0.25) is 4.79 Å². The van der Waals surface area contributed by atoms with E-state index in [1.807, 2.05) is 6.08 Å². The lowest BCUT2D eigenvalue weighted by molar-refractivity contribution is -0.895. The van der Waals surface area contributed by atoms with E-state index in [4.69, 9.17) is 4.84 Å². The minimum Gasteiger partial charge on any atom is -0.328 e. The number of hydrogen-bond acceptors (Lipinski definition) is 4. The first-order chi connectivity index (χ1) is 16.0. The number of carbonyl (C=O) groups excluding carboxylic acids is 2. The molecule has 0 radical (unpaired) electrons. The zero-order valence-electron chi connectivity index (χ0n) is 22.1. The van der Waals surface area contributed by atoms with Gasteiger partial charge in [0.25, 0.3) is 0 Å². The number of hydrogen-bond donors (Lipinski definition) is 0. The first-order valence-corrected chi connectivity index (χ1v) is 13.8. The summed E-state index contributed by atoms with van der Waals surface area (Å²) in [4.78, 5) is 30.3. The van der Waals surface area contributed by atoms with E-state index in [0.717, 1.165) is 67.7 Å². The fraction of sp³-hybridized carbons (Fsp3) is 0.828. The molecule has 5 aliphatic rings. The Kier molecular flexibility index (Phi) is 6.10. The van der Waals surface area contributed by atoms with E-state index < -0.39 is 0 Å². The van der Waals surface area contributed by atoms with Crippen molar-refractivity contribution < 1.29 is 18.9 Å². The van der Waals surface area contributed by atoms with Gasteiger partial charge in [0.1, 0.15) is 0 Å². The lowest BCUT2D eigenvalue weighted by atomic mass is 9.46. The van der Waals surface area contributed by atoms with Crippen molar-refractivity contribution in [1.29, 1.82) is 0 Å². The molecule has 188 valence electrons. The van der Waals surface area contributed by atoms with Gasteiger partial charge >= 0.3 is 5.97 Å². The summed E-state index contributed by atoms with van der Waals surface area (Å²) in [6.45, 7) is 9.09. The minimum absolute atomic E-state index is 0.00217. The van der Waals surface area contributed by atoms with Gasteiger partial charge in [0, 0.05) is 25.2 Å². The van der Waals surface area contributed by atoms with Crippen molar-refractivity contribution in [1.82, 2.24) is 0 Å². The zero-order chi connectivity index (χ0) is 24.3. The molecule has 0 amide bonds. The van der Waals surface area contributed by atoms with Crippen molar-refractivity contribution in [2.75, 3.05) is 27.2 Å². The minimum atomic E-state index is -0.131. The Morgan fingerprint density at radius 2 is 1.74 bits per heavy atom. The molecule has 0 bridgehead atoms. The fourth-order valence-corrected chi connectivity index (χ4v) is 9.00. The number of allylic oxidation sites excluding steroid dienone is 1. The van der Waals surface area contributed by atoms with Crippen LogP contribution in [0.5, 0.6) is 0 Å². The molecule has 3 saturated carbocycles. The number of fused-ring (bicyclic) bond motifs is 5. The second-order valence-electron chi connectivity index (χ2n) is 13.4. The first-order valence-electron chi connectivity index (χ1n) is 13.8. The van der Waals surface area contributed by atoms with Crippen LogP contribution in [-0.4, -0.2) is 49.1 Å². The van der Waals surface area contributed by atoms with Crippen LogP contribution >= 0.6 is 0 Å². The third-order valence-electron chi connectivity index (χ3n) is 11.2. The number of likely N-dealkylation sites (tertiary alicyclic amines) is 1. The number of carbonyl (C=O) groups is 2. The Labute approximate surface area is 205 Å². The predicted octanol–water partition coefficient (Wildman–Crippen LogP) is 5.54. The maximum atomic E-state index is 12.7. The number of ketones is 1. The van der Waals surface area contributed by atoms with Crippen LogP contribution in [0.3, 0.4) is 0 Å². The van der Waals surface area contributed by atoms with Gasteiger partial charge in [-0.15, -0.1) is 0 Å². The third-order valence-corrected chi connectivity index (χ3v) is 11.2. The number of nitrogens with zero attached hydrogens (tertiary/aromatic N) is 2. The summed E-state index contributed by atoms with van der Waals surface area (Å²) in [5.74, 6) is 2.79. The molecule has 34 heavy (non-hydrogen) atoms. The Hall–Kier alpha value is -1.49. The number of rotatable bonds is 3. The molecule has 5 nitrogen and oxygen atoms in total. The molecule has 1 saturated heterocycles. The van der Waals surface area contributed by atoms with Gasteiger partial charge in [-0.25, -0.2) is 4.79 Å². The quantitative estimate of drug-likeness (QED) is 0.236. The standard InChI is InChI=1S/C29H45N2O3/c1-19(30-34-27(33)20-12-16-31(4,5)17-13-20)24-8-9-25-23-7-6-21-18-22(32)10-14-28(21,2)26(23)11-15-29(24,25)3/h18,20,23-26H,6-17H2,1-5H3/q+1/t23-,24+,25-,26-,28-,29+/m0/s1. The van der Waals surface area contributed by atoms with Crippen LogP contribution in [0.25, 0.3) is 0 Å². The van der Waals surface area contributed by atoms with Crippen LogP contribution in [-0.2, 0) is 14.4 Å². The first kappa shape index (κ1) is 24.2. The molecule has 4 aliphatic carbocycles. The Morgan fingerprint density at radius 3 is 2.47 bits per heavy atom. The molecule has 0 aromatic carbocycles. The van der Waals surface area contributed by atoms with Crippen molar-refractivity contribution in [2.45, 2.75) is 85.0 Å². The Bertz CT molecular complexity index is 910. The predicted molar refractivity (Wildman–Crippen MR) is 134 cm³/mol. The van der Waals surface area contributed by atoms with Gasteiger partial charge in [-0.05, 0) is 86.5 Å². The average molecular weight is 470 g/mol. The topological polar surface area (TPSA) is 55.7 Å². The summed E-state index contributed by atoms with van der Waals surface area (Å²) >= 11 is 0. The maximum Gasteiger partial charge on any atom is 0.338 e. The van der Waals surface area contributed by atoms with Crippen molar-refractivity contribution in [3.63, 3.8) is 0 Å². The van der Waals surface area contributed by atoms with Gasteiger partial charge in [0.05, 0.1) is 38.8 Å². The van der Waals surface area contributed by atoms with Crippen molar-refractivity contribution >= 4 is 17.5 Å². The number of quaternary nitrogens is 1. The molecule has 0 unspecified atom stereocenters. The molecule has 5 rings (SSSR count). The number of piperidine rings is 1. The van der Waals surface area contributed by atoms with Crippen LogP contribution in [0.1, 0.15) is 85.0 Å². The summed E-state index contributed by atoms with van der Waals surface area (Å²) in [5.41, 5.74) is 2.94. The van der Waals surface area contributed by atoms with Crippen LogP contribution in [0, 0.1) is 40.4 Å². The molecule has 0 aromatic rings. The molecule has 1 heterocycles. The van der Waals surface area contributed by atoms with Crippen LogP contribution in [0.2, 0.25) is 0 Å². The van der Waals surface area contributed by atoms with Crippen LogP contribution in [0.15, 0.2) is 16.8 Å². The summed E-state index contributed by atoms with van der Waals surface area (Å²) in [6.07, 6.45) is 12.8. The molecular weight excluding hydrogens is 424 g/mol. The van der Waals surface area contributed by atoms with Crippen molar-refractivity contribution in [2.24, 2.45) is 45.6 Å². The fourth-order valence-electron chi connectivity index (χ4n) is 9.00. The second kappa shape index (κ2) is 8.57. The Morgan fingerprint density at radius 1 is 1.00 bits per heavy atom. The van der Waals surface area contributed by atoms with E-state index in [2.05, 4.69) is 40.0 Å². The van der Waals surface area contributed by atoms with Gasteiger partial charge in [-0.2, -0.15) is 0 Å². The van der Waals surface area contributed by atoms with Gasteiger partial charge in [0.2, 0.25) is 0 Å². The van der Waals surface area contributed by atoms with E-state index in [9.17, 15) is 9.59 Å². The zero-order valence-corrected chi connectivity index (χ0v) is 22.1. The summed E-state index contributed by atoms with van der Waals surface area (Å²) < 4.78 is 0.989. The molecule has 1 aliphatic heterocycles. The molecule has 0 N–H and O–H groups in total. The highest BCUT2D eigenvalue weighted by Crippen LogP contribution is 2.66. The van der Waals surface area contributed by atoms with E-state index in [1.54, 1.807) is 0 Å². The Balaban J connectivity index is 1.27. The van der Waals surface area contributed by atoms with E-state index >= 15 is 0 Å². The molecule has 0 aromatic heterocycles. The largest absolute Gasteiger partial charge is 0.338 e. The van der Waals surface area contributed by atoms with Crippen molar-refractivity contribution in [3.05, 3.63) is 11.6 Å². The smallest absolute Gasteiger partial charge is 0.328 e. The van der Waals surface area contributed by atoms with Crippen LogP contribution in [0.4, 0.5) is 0 Å². The van der Waals surface area contributed by atoms with Gasteiger partial charge in [0.15, 0.2) is 5.78 Å². The lowest BCUT2D eigenvalue weighted by Gasteiger charge is -2.58. The van der Waals surface area contributed by atoms with Crippen LogP contribution < -0.4 is 0 Å². The SMILES string of the molecule is CC(=NOC(=O)C1CC[N+](C)(C)CC1)[C@H]1CC[C@H]2[C@@H]3CCC4=CC(=O)CC[C@]4(C)[C@H]3CC[C@]12C. The molecule has 0 spiro atoms. The van der Waals surface area contributed by atoms with Gasteiger partial charge in [-0.1, -0.05) is 24.6 Å². The summed E-state index contributed by atoms with van der Waals surface area (Å²) in [5, 5.41) is 4.46. The monoisotopic (exact) mass is 469 g/mol. The highest BCUT2D eigenvalue weighted by Gasteiger charge is 2.59. The second-order valence-corrected chi connectivity index (χ2v) is 13.4. The van der Waals surface area contributed by atoms with E-state index in [-0.39, 0.29) is 22.7 Å². The third kappa shape index (κ3) is 4.00. The normalized spacial score (nSPS) is 42.3. The molecular formula is C29H45N2O3+. The summed E-state index contributed by atoms with van der Waals surface area (Å²) in [7, 11) is 4.46. The number of oxime groups is 1. The molecule has 4 fully saturated rings. The molecule has 5 heteroatoms. The summed E-state index contributed by atoms with van der Waals surface area (Å²) in [6, 6.07) is 0. The maximum absolute atomic E-state index is 12.7. The molecule has 6 atom stereocenters. The lowest BCUT2D eigenvalue weighted by Crippen LogP contribution is -2.51. The average Bonchev–Trinajstić information content (AvgIpc) is 3.15. The van der Waals surface area contributed by atoms with Gasteiger partial charge < -0.3 is 9.32 Å². The van der Waals surface area contributed by atoms with E-state index in [0.29, 0.717) is 23.5 Å². The highest BCUT2D eigenvalue weighted by molar-refractivity contribution is 5.91. The van der Waals surface area contributed by atoms with E-state index in [1.165, 1.54) is 31.3 Å². The van der Waals surface area contributed by atoms with Crippen molar-refractivity contribution in [3.8, 4) is 0 Å².